The molecular formula is C19H32N2O. The van der Waals surface area contributed by atoms with Gasteiger partial charge in [0.05, 0.1) is 0 Å². The number of likely N-dealkylation sites (tertiary alicyclic amines) is 1. The summed E-state index contributed by atoms with van der Waals surface area (Å²) in [6.07, 6.45) is 7.61. The number of nitrogens with one attached hydrogen (secondary N) is 1. The molecule has 1 fully saturated rings. The molecule has 1 aromatic carbocycles. The maximum atomic E-state index is 9.29. The van der Waals surface area contributed by atoms with E-state index in [0.29, 0.717) is 11.8 Å². The number of nitrogens with zero attached hydrogens (tertiary/aromatic N) is 1. The first-order valence-electron chi connectivity index (χ1n) is 8.90. The average Bonchev–Trinajstić information content (AvgIpc) is 2.52. The van der Waals surface area contributed by atoms with Crippen molar-refractivity contribution < 1.29 is 5.11 Å². The topological polar surface area (TPSA) is 35.5 Å². The fourth-order valence-corrected chi connectivity index (χ4v) is 3.27. The maximum absolute atomic E-state index is 9.29. The van der Waals surface area contributed by atoms with Gasteiger partial charge in [-0.2, -0.15) is 0 Å². The third-order valence-corrected chi connectivity index (χ3v) is 4.86. The summed E-state index contributed by atoms with van der Waals surface area (Å²) in [5.74, 6) is 0.349. The van der Waals surface area contributed by atoms with Crippen LogP contribution in [0.25, 0.3) is 0 Å². The molecule has 2 rings (SSSR count). The summed E-state index contributed by atoms with van der Waals surface area (Å²) in [6, 6.07) is 8.90. The van der Waals surface area contributed by atoms with Gasteiger partial charge in [0.2, 0.25) is 0 Å². The summed E-state index contributed by atoms with van der Waals surface area (Å²) >= 11 is 0. The molecule has 0 aliphatic carbocycles. The largest absolute Gasteiger partial charge is 0.508 e. The molecule has 1 saturated heterocycles. The van der Waals surface area contributed by atoms with Gasteiger partial charge in [0, 0.05) is 12.1 Å². The van der Waals surface area contributed by atoms with Crippen LogP contribution in [0.3, 0.4) is 0 Å². The van der Waals surface area contributed by atoms with Gasteiger partial charge in [-0.1, -0.05) is 18.6 Å². The van der Waals surface area contributed by atoms with Crippen LogP contribution in [0.4, 0.5) is 0 Å². The molecule has 0 saturated carbocycles. The van der Waals surface area contributed by atoms with Gasteiger partial charge < -0.3 is 15.3 Å². The number of aryl methyl sites for hydroxylation is 1. The number of benzene rings is 1. The number of phenols is 1. The quantitative estimate of drug-likeness (QED) is 0.721. The SMILES string of the molecule is CC(CCc1ccc(O)cc1)NCCCN1CCCCC1C. The second-order valence-electron chi connectivity index (χ2n) is 6.79. The number of hydrogen-bond donors (Lipinski definition) is 2. The van der Waals surface area contributed by atoms with E-state index in [-0.39, 0.29) is 0 Å². The first-order valence-corrected chi connectivity index (χ1v) is 8.90. The zero-order valence-electron chi connectivity index (χ0n) is 14.2. The van der Waals surface area contributed by atoms with E-state index in [1.807, 2.05) is 12.1 Å². The van der Waals surface area contributed by atoms with Crippen LogP contribution in [0.15, 0.2) is 24.3 Å². The third kappa shape index (κ3) is 5.98. The molecule has 0 aromatic heterocycles. The highest BCUT2D eigenvalue weighted by Crippen LogP contribution is 2.16. The second kappa shape index (κ2) is 9.16. The van der Waals surface area contributed by atoms with Crippen LogP contribution in [0, 0.1) is 0 Å². The minimum Gasteiger partial charge on any atom is -0.508 e. The van der Waals surface area contributed by atoms with Crippen LogP contribution in [-0.2, 0) is 6.42 Å². The highest BCUT2D eigenvalue weighted by molar-refractivity contribution is 5.25. The number of phenolic OH excluding ortho intramolecular Hbond substituents is 1. The number of hydrogen-bond acceptors (Lipinski definition) is 3. The fraction of sp³-hybridized carbons (Fsp3) is 0.684. The first kappa shape index (κ1) is 17.3. The number of piperidine rings is 1. The van der Waals surface area contributed by atoms with E-state index in [1.165, 1.54) is 44.3 Å². The minimum absolute atomic E-state index is 0.349. The molecule has 3 nitrogen and oxygen atoms in total. The lowest BCUT2D eigenvalue weighted by molar-refractivity contribution is 0.158. The van der Waals surface area contributed by atoms with Gasteiger partial charge in [0.1, 0.15) is 5.75 Å². The van der Waals surface area contributed by atoms with Gasteiger partial charge in [-0.3, -0.25) is 0 Å². The Kier molecular flexibility index (Phi) is 7.20. The van der Waals surface area contributed by atoms with Crippen molar-refractivity contribution >= 4 is 0 Å². The maximum Gasteiger partial charge on any atom is 0.115 e. The molecular weight excluding hydrogens is 272 g/mol. The predicted octanol–water partition coefficient (Wildman–Crippen LogP) is 3.57. The molecule has 0 radical (unpaired) electrons. The Balaban J connectivity index is 1.55. The molecule has 2 unspecified atom stereocenters. The van der Waals surface area contributed by atoms with Crippen molar-refractivity contribution in [2.45, 2.75) is 64.5 Å². The molecule has 22 heavy (non-hydrogen) atoms. The Morgan fingerprint density at radius 1 is 1.27 bits per heavy atom. The van der Waals surface area contributed by atoms with Crippen LogP contribution in [-0.4, -0.2) is 41.7 Å². The smallest absolute Gasteiger partial charge is 0.115 e. The molecule has 0 spiro atoms. The lowest BCUT2D eigenvalue weighted by Crippen LogP contribution is -2.39. The Hall–Kier alpha value is -1.06. The molecule has 1 aromatic rings. The van der Waals surface area contributed by atoms with E-state index in [1.54, 1.807) is 12.1 Å². The highest BCUT2D eigenvalue weighted by atomic mass is 16.3. The molecule has 2 N–H and O–H groups in total. The average molecular weight is 304 g/mol. The van der Waals surface area contributed by atoms with Crippen molar-refractivity contribution in [1.82, 2.24) is 10.2 Å². The Bertz CT molecular complexity index is 418. The van der Waals surface area contributed by atoms with Crippen LogP contribution >= 0.6 is 0 Å². The molecule has 1 aliphatic rings. The Morgan fingerprint density at radius 2 is 2.05 bits per heavy atom. The van der Waals surface area contributed by atoms with Crippen molar-refractivity contribution in [3.63, 3.8) is 0 Å². The monoisotopic (exact) mass is 304 g/mol. The van der Waals surface area contributed by atoms with Crippen molar-refractivity contribution in [3.8, 4) is 5.75 Å². The molecule has 0 amide bonds. The van der Waals surface area contributed by atoms with E-state index in [2.05, 4.69) is 24.1 Å². The zero-order chi connectivity index (χ0) is 15.8. The van der Waals surface area contributed by atoms with E-state index < -0.39 is 0 Å². The molecule has 124 valence electrons. The normalized spacial score (nSPS) is 20.9. The van der Waals surface area contributed by atoms with Gasteiger partial charge in [-0.25, -0.2) is 0 Å². The predicted molar refractivity (Wildman–Crippen MR) is 93.4 cm³/mol. The highest BCUT2D eigenvalue weighted by Gasteiger charge is 2.17. The van der Waals surface area contributed by atoms with Gasteiger partial charge in [0.25, 0.3) is 0 Å². The Morgan fingerprint density at radius 3 is 2.77 bits per heavy atom. The van der Waals surface area contributed by atoms with Crippen molar-refractivity contribution in [2.75, 3.05) is 19.6 Å². The zero-order valence-corrected chi connectivity index (χ0v) is 14.2. The lowest BCUT2D eigenvalue weighted by atomic mass is 10.0. The second-order valence-corrected chi connectivity index (χ2v) is 6.79. The molecule has 0 bridgehead atoms. The van der Waals surface area contributed by atoms with Crippen molar-refractivity contribution in [1.29, 1.82) is 0 Å². The summed E-state index contributed by atoms with van der Waals surface area (Å²) in [5, 5.41) is 12.9. The molecule has 1 heterocycles. The summed E-state index contributed by atoms with van der Waals surface area (Å²) in [5.41, 5.74) is 1.30. The van der Waals surface area contributed by atoms with E-state index in [0.717, 1.165) is 25.4 Å². The van der Waals surface area contributed by atoms with E-state index in [9.17, 15) is 5.11 Å². The van der Waals surface area contributed by atoms with Crippen molar-refractivity contribution in [3.05, 3.63) is 29.8 Å². The van der Waals surface area contributed by atoms with Crippen LogP contribution in [0.1, 0.15) is 51.5 Å². The Labute approximate surface area is 135 Å². The summed E-state index contributed by atoms with van der Waals surface area (Å²) in [7, 11) is 0. The van der Waals surface area contributed by atoms with Gasteiger partial charge in [-0.15, -0.1) is 0 Å². The van der Waals surface area contributed by atoms with Crippen molar-refractivity contribution in [2.24, 2.45) is 0 Å². The van der Waals surface area contributed by atoms with Gasteiger partial charge in [0.15, 0.2) is 0 Å². The number of rotatable bonds is 8. The number of aromatic hydroxyl groups is 1. The summed E-state index contributed by atoms with van der Waals surface area (Å²) in [4.78, 5) is 2.65. The van der Waals surface area contributed by atoms with Gasteiger partial charge >= 0.3 is 0 Å². The molecule has 1 aliphatic heterocycles. The lowest BCUT2D eigenvalue weighted by Gasteiger charge is -2.33. The molecule has 2 atom stereocenters. The van der Waals surface area contributed by atoms with E-state index >= 15 is 0 Å². The summed E-state index contributed by atoms with van der Waals surface area (Å²) < 4.78 is 0. The first-order chi connectivity index (χ1) is 10.6. The van der Waals surface area contributed by atoms with Gasteiger partial charge in [-0.05, 0) is 83.3 Å². The van der Waals surface area contributed by atoms with Crippen LogP contribution in [0.5, 0.6) is 5.75 Å². The van der Waals surface area contributed by atoms with Crippen LogP contribution in [0.2, 0.25) is 0 Å². The minimum atomic E-state index is 0.349. The third-order valence-electron chi connectivity index (χ3n) is 4.86. The standard InChI is InChI=1S/C19H32N2O/c1-16(7-8-18-9-11-19(22)12-10-18)20-13-5-15-21-14-4-3-6-17(21)2/h9-12,16-17,20,22H,3-8,13-15H2,1-2H3. The van der Waals surface area contributed by atoms with E-state index in [4.69, 9.17) is 0 Å². The van der Waals surface area contributed by atoms with Crippen LogP contribution < -0.4 is 5.32 Å². The fourth-order valence-electron chi connectivity index (χ4n) is 3.27. The molecule has 3 heteroatoms. The summed E-state index contributed by atoms with van der Waals surface area (Å²) in [6.45, 7) is 8.27.